The maximum Gasteiger partial charge on any atom is 0.327 e. The van der Waals surface area contributed by atoms with Gasteiger partial charge in [-0.3, -0.25) is 10.5 Å². The maximum absolute atomic E-state index is 13.5. The molecule has 3 aromatic rings. The number of hydrogen-bond donors (Lipinski definition) is 3. The van der Waals surface area contributed by atoms with Gasteiger partial charge in [-0.05, 0) is 60.5 Å². The van der Waals surface area contributed by atoms with Crippen LogP contribution in [-0.2, 0) is 6.05 Å². The van der Waals surface area contributed by atoms with Gasteiger partial charge in [-0.2, -0.15) is 8.78 Å². The highest BCUT2D eigenvalue weighted by atomic mass is 35.5. The molecule has 4 nitrogen and oxygen atoms in total. The van der Waals surface area contributed by atoms with Crippen LogP contribution in [0.4, 0.5) is 20.2 Å². The summed E-state index contributed by atoms with van der Waals surface area (Å²) in [5.41, 5.74) is 5.37. The zero-order chi connectivity index (χ0) is 20.1. The summed E-state index contributed by atoms with van der Waals surface area (Å²) in [4.78, 5) is 13.4. The van der Waals surface area contributed by atoms with Crippen LogP contribution in [0.15, 0.2) is 77.7 Å². The van der Waals surface area contributed by atoms with Crippen LogP contribution < -0.4 is 15.8 Å². The Morgan fingerprint density at radius 2 is 1.64 bits per heavy atom. The highest BCUT2D eigenvalue weighted by Gasteiger charge is 2.30. The van der Waals surface area contributed by atoms with Crippen molar-refractivity contribution >= 4 is 40.8 Å². The Balaban J connectivity index is 1.71. The normalized spacial score (nSPS) is 11.1. The van der Waals surface area contributed by atoms with Crippen molar-refractivity contribution in [2.24, 2.45) is 5.73 Å². The van der Waals surface area contributed by atoms with Crippen molar-refractivity contribution in [2.75, 3.05) is 10.0 Å². The maximum atomic E-state index is 13.5. The van der Waals surface area contributed by atoms with E-state index in [9.17, 15) is 13.6 Å². The number of nitrogens with one attached hydrogen (secondary N) is 2. The Bertz CT molecular complexity index is 978. The van der Waals surface area contributed by atoms with Crippen molar-refractivity contribution in [1.82, 2.24) is 0 Å². The van der Waals surface area contributed by atoms with Gasteiger partial charge in [0.05, 0.1) is 5.56 Å². The van der Waals surface area contributed by atoms with Crippen molar-refractivity contribution < 1.29 is 13.6 Å². The minimum Gasteiger partial charge on any atom is -0.326 e. The first-order valence-electron chi connectivity index (χ1n) is 8.19. The van der Waals surface area contributed by atoms with Crippen molar-refractivity contribution in [3.63, 3.8) is 0 Å². The number of nitrogens with two attached hydrogens (primary N) is 1. The van der Waals surface area contributed by atoms with E-state index in [0.29, 0.717) is 10.7 Å². The molecule has 0 aliphatic rings. The zero-order valence-corrected chi connectivity index (χ0v) is 16.0. The topological polar surface area (TPSA) is 67.2 Å². The Morgan fingerprint density at radius 1 is 0.964 bits per heavy atom. The smallest absolute Gasteiger partial charge is 0.326 e. The van der Waals surface area contributed by atoms with Gasteiger partial charge in [0.1, 0.15) is 0 Å². The molecule has 0 saturated heterocycles. The number of halogens is 3. The van der Waals surface area contributed by atoms with E-state index in [2.05, 4.69) is 10.0 Å². The summed E-state index contributed by atoms with van der Waals surface area (Å²) in [6, 6.07) is 16.0. The number of carbonyl (C=O) groups excluding carboxylic acids is 1. The number of carbonyl (C=O) groups is 1. The standard InChI is InChI=1S/C20H16ClF2N3OS/c21-13-8-10-16(11-9-13)28-26-15-5-3-4-14(12-15)25-19(27)17-6-1-2-7-18(17)20(22,23)24/h1-12,26H,24H2,(H,25,27). The molecule has 8 heteroatoms. The second kappa shape index (κ2) is 8.60. The van der Waals surface area contributed by atoms with Crippen LogP contribution in [-0.4, -0.2) is 5.91 Å². The summed E-state index contributed by atoms with van der Waals surface area (Å²) >= 11 is 7.24. The van der Waals surface area contributed by atoms with Crippen molar-refractivity contribution in [3.8, 4) is 0 Å². The molecule has 1 amide bonds. The lowest BCUT2D eigenvalue weighted by Gasteiger charge is -2.15. The number of amides is 1. The van der Waals surface area contributed by atoms with Crippen LogP contribution in [0.5, 0.6) is 0 Å². The number of benzene rings is 3. The molecule has 0 atom stereocenters. The average molecular weight is 420 g/mol. The van der Waals surface area contributed by atoms with Gasteiger partial charge < -0.3 is 10.0 Å². The third-order valence-electron chi connectivity index (χ3n) is 3.75. The fourth-order valence-electron chi connectivity index (χ4n) is 2.45. The molecule has 0 unspecified atom stereocenters. The number of alkyl halides is 2. The molecule has 0 spiro atoms. The Hall–Kier alpha value is -2.61. The lowest BCUT2D eigenvalue weighted by molar-refractivity contribution is 0.00217. The molecule has 144 valence electrons. The zero-order valence-electron chi connectivity index (χ0n) is 14.5. The van der Waals surface area contributed by atoms with Gasteiger partial charge in [-0.1, -0.05) is 35.9 Å². The third-order valence-corrected chi connectivity index (χ3v) is 4.85. The summed E-state index contributed by atoms with van der Waals surface area (Å²) in [6.45, 7) is 0. The van der Waals surface area contributed by atoms with Gasteiger partial charge in [0.15, 0.2) is 0 Å². The molecule has 0 aromatic heterocycles. The minimum atomic E-state index is -3.60. The van der Waals surface area contributed by atoms with Crippen LogP contribution in [0.3, 0.4) is 0 Å². The molecule has 28 heavy (non-hydrogen) atoms. The van der Waals surface area contributed by atoms with E-state index >= 15 is 0 Å². The summed E-state index contributed by atoms with van der Waals surface area (Å²) in [5.74, 6) is -0.664. The Morgan fingerprint density at radius 3 is 2.36 bits per heavy atom. The van der Waals surface area contributed by atoms with Gasteiger partial charge in [0.25, 0.3) is 5.91 Å². The highest BCUT2D eigenvalue weighted by Crippen LogP contribution is 2.27. The van der Waals surface area contributed by atoms with Crippen molar-refractivity contribution in [1.29, 1.82) is 0 Å². The number of hydrogen-bond acceptors (Lipinski definition) is 4. The second-order valence-corrected chi connectivity index (χ2v) is 7.18. The molecule has 3 rings (SSSR count). The molecular weight excluding hydrogens is 404 g/mol. The summed E-state index contributed by atoms with van der Waals surface area (Å²) in [7, 11) is 0. The number of rotatable bonds is 6. The van der Waals surface area contributed by atoms with E-state index in [0.717, 1.165) is 16.6 Å². The van der Waals surface area contributed by atoms with Crippen LogP contribution in [0.2, 0.25) is 5.02 Å². The molecule has 4 N–H and O–H groups in total. The lowest BCUT2D eigenvalue weighted by atomic mass is 10.1. The summed E-state index contributed by atoms with van der Waals surface area (Å²) < 4.78 is 30.2. The van der Waals surface area contributed by atoms with Crippen LogP contribution in [0.1, 0.15) is 15.9 Å². The van der Waals surface area contributed by atoms with E-state index in [1.165, 1.54) is 30.1 Å². The van der Waals surface area contributed by atoms with Crippen molar-refractivity contribution in [2.45, 2.75) is 10.9 Å². The largest absolute Gasteiger partial charge is 0.327 e. The fraction of sp³-hybridized carbons (Fsp3) is 0.0500. The average Bonchev–Trinajstić information content (AvgIpc) is 2.67. The molecule has 0 radical (unpaired) electrons. The molecule has 0 bridgehead atoms. The molecule has 0 heterocycles. The van der Waals surface area contributed by atoms with Crippen LogP contribution in [0, 0.1) is 0 Å². The van der Waals surface area contributed by atoms with E-state index in [-0.39, 0.29) is 5.56 Å². The molecule has 0 aliphatic heterocycles. The first-order valence-corrected chi connectivity index (χ1v) is 9.38. The van der Waals surface area contributed by atoms with Gasteiger partial charge in [0.2, 0.25) is 0 Å². The van der Waals surface area contributed by atoms with Crippen LogP contribution in [0.25, 0.3) is 0 Å². The first kappa shape index (κ1) is 20.1. The fourth-order valence-corrected chi connectivity index (χ4v) is 3.21. The van der Waals surface area contributed by atoms with Crippen LogP contribution >= 0.6 is 23.5 Å². The van der Waals surface area contributed by atoms with Gasteiger partial charge in [-0.15, -0.1) is 0 Å². The monoisotopic (exact) mass is 419 g/mol. The lowest BCUT2D eigenvalue weighted by Crippen LogP contribution is -2.29. The van der Waals surface area contributed by atoms with E-state index in [1.807, 2.05) is 18.2 Å². The van der Waals surface area contributed by atoms with E-state index in [4.69, 9.17) is 17.3 Å². The number of anilines is 2. The SMILES string of the molecule is NC(F)(F)c1ccccc1C(=O)Nc1cccc(NSc2ccc(Cl)cc2)c1. The molecule has 3 aromatic carbocycles. The first-order chi connectivity index (χ1) is 13.3. The molecular formula is C20H16ClF2N3OS. The summed E-state index contributed by atoms with van der Waals surface area (Å²) in [5, 5.41) is 3.27. The molecule has 0 fully saturated rings. The second-order valence-electron chi connectivity index (χ2n) is 5.86. The van der Waals surface area contributed by atoms with E-state index in [1.54, 1.807) is 30.3 Å². The van der Waals surface area contributed by atoms with Crippen molar-refractivity contribution in [3.05, 3.63) is 88.9 Å². The predicted octanol–water partition coefficient (Wildman–Crippen LogP) is 5.72. The van der Waals surface area contributed by atoms with Gasteiger partial charge in [-0.25, -0.2) is 0 Å². The minimum absolute atomic E-state index is 0.177. The van der Waals surface area contributed by atoms with Gasteiger partial charge >= 0.3 is 6.05 Å². The quantitative estimate of drug-likeness (QED) is 0.353. The Kier molecular flexibility index (Phi) is 6.18. The third kappa shape index (κ3) is 5.22. The molecule has 0 aliphatic carbocycles. The summed E-state index contributed by atoms with van der Waals surface area (Å²) in [6.07, 6.45) is 0. The van der Waals surface area contributed by atoms with E-state index < -0.39 is 17.5 Å². The predicted molar refractivity (Wildman–Crippen MR) is 110 cm³/mol. The Labute approximate surface area is 170 Å². The highest BCUT2D eigenvalue weighted by molar-refractivity contribution is 8.00. The van der Waals surface area contributed by atoms with Gasteiger partial charge in [0, 0.05) is 26.9 Å². The molecule has 0 saturated carbocycles.